The summed E-state index contributed by atoms with van der Waals surface area (Å²) in [4.78, 5) is 15.0. The van der Waals surface area contributed by atoms with Crippen LogP contribution in [-0.2, 0) is 6.54 Å². The molecule has 0 aromatic carbocycles. The molecule has 2 aromatic heterocycles. The van der Waals surface area contributed by atoms with Crippen molar-refractivity contribution in [2.24, 2.45) is 0 Å². The lowest BCUT2D eigenvalue weighted by atomic mass is 10.3. The zero-order valence-corrected chi connectivity index (χ0v) is 7.90. The van der Waals surface area contributed by atoms with E-state index in [4.69, 9.17) is 0 Å². The summed E-state index contributed by atoms with van der Waals surface area (Å²) >= 11 is 0. The van der Waals surface area contributed by atoms with Gasteiger partial charge in [0.15, 0.2) is 6.29 Å². The Labute approximate surface area is 81.6 Å². The predicted octanol–water partition coefficient (Wildman–Crippen LogP) is 0.866. The molecule has 0 radical (unpaired) electrons. The quantitative estimate of drug-likeness (QED) is 0.728. The molecule has 2 aromatic rings. The van der Waals surface area contributed by atoms with Crippen molar-refractivity contribution in [3.63, 3.8) is 0 Å². The maximum atomic E-state index is 10.7. The normalized spacial score (nSPS) is 10.6. The van der Waals surface area contributed by atoms with Crippen molar-refractivity contribution in [3.05, 3.63) is 35.9 Å². The molecule has 0 bridgehead atoms. The van der Waals surface area contributed by atoms with E-state index in [0.717, 1.165) is 17.6 Å². The van der Waals surface area contributed by atoms with E-state index < -0.39 is 0 Å². The number of aldehydes is 1. The Hall–Kier alpha value is -1.68. The Balaban J connectivity index is 2.66. The minimum absolute atomic E-state index is 0.496. The van der Waals surface area contributed by atoms with Crippen LogP contribution in [0.1, 0.15) is 16.3 Å². The van der Waals surface area contributed by atoms with E-state index >= 15 is 0 Å². The third-order valence-electron chi connectivity index (χ3n) is 2.10. The van der Waals surface area contributed by atoms with Gasteiger partial charge in [-0.2, -0.15) is 0 Å². The second kappa shape index (κ2) is 3.59. The van der Waals surface area contributed by atoms with Gasteiger partial charge in [0, 0.05) is 6.20 Å². The molecule has 2 heterocycles. The van der Waals surface area contributed by atoms with Gasteiger partial charge in [-0.25, -0.2) is 4.98 Å². The number of carbonyl (C=O) groups is 1. The highest BCUT2D eigenvalue weighted by atomic mass is 16.1. The summed E-state index contributed by atoms with van der Waals surface area (Å²) in [7, 11) is 1.85. The molecule has 0 aliphatic rings. The van der Waals surface area contributed by atoms with Crippen LogP contribution in [0.25, 0.3) is 5.52 Å². The van der Waals surface area contributed by atoms with Gasteiger partial charge in [-0.3, -0.25) is 4.79 Å². The monoisotopic (exact) mass is 189 g/mol. The number of carbonyl (C=O) groups excluding carboxylic acids is 1. The smallest absolute Gasteiger partial charge is 0.170 e. The molecular formula is C10H11N3O. The Morgan fingerprint density at radius 2 is 2.43 bits per heavy atom. The zero-order valence-electron chi connectivity index (χ0n) is 7.90. The fourth-order valence-electron chi connectivity index (χ4n) is 1.50. The van der Waals surface area contributed by atoms with Crippen molar-refractivity contribution in [2.75, 3.05) is 7.05 Å². The van der Waals surface area contributed by atoms with Crippen LogP contribution in [0, 0.1) is 0 Å². The summed E-state index contributed by atoms with van der Waals surface area (Å²) in [5, 5.41) is 3.01. The van der Waals surface area contributed by atoms with Crippen LogP contribution in [0.5, 0.6) is 0 Å². The molecule has 0 fully saturated rings. The first-order valence-electron chi connectivity index (χ1n) is 4.42. The van der Waals surface area contributed by atoms with Gasteiger partial charge in [-0.05, 0) is 19.2 Å². The van der Waals surface area contributed by atoms with E-state index in [9.17, 15) is 4.79 Å². The minimum atomic E-state index is 0.496. The number of rotatable bonds is 3. The first-order chi connectivity index (χ1) is 6.86. The lowest BCUT2D eigenvalue weighted by Crippen LogP contribution is -2.08. The van der Waals surface area contributed by atoms with Crippen LogP contribution < -0.4 is 5.32 Å². The van der Waals surface area contributed by atoms with Crippen LogP contribution in [0.2, 0.25) is 0 Å². The Morgan fingerprint density at radius 3 is 3.14 bits per heavy atom. The van der Waals surface area contributed by atoms with Gasteiger partial charge in [-0.1, -0.05) is 6.07 Å². The first-order valence-corrected chi connectivity index (χ1v) is 4.42. The lowest BCUT2D eigenvalue weighted by Gasteiger charge is -1.98. The van der Waals surface area contributed by atoms with Gasteiger partial charge in [0.2, 0.25) is 0 Å². The van der Waals surface area contributed by atoms with Gasteiger partial charge in [0.1, 0.15) is 11.5 Å². The van der Waals surface area contributed by atoms with Crippen molar-refractivity contribution < 1.29 is 4.79 Å². The molecule has 0 atom stereocenters. The van der Waals surface area contributed by atoms with E-state index in [0.29, 0.717) is 12.2 Å². The molecule has 0 saturated heterocycles. The second-order valence-electron chi connectivity index (χ2n) is 3.02. The van der Waals surface area contributed by atoms with Crippen LogP contribution in [0.15, 0.2) is 24.4 Å². The fourth-order valence-corrected chi connectivity index (χ4v) is 1.50. The highest BCUT2D eigenvalue weighted by molar-refractivity contribution is 5.83. The van der Waals surface area contributed by atoms with Crippen LogP contribution in [-0.4, -0.2) is 22.7 Å². The van der Waals surface area contributed by atoms with Gasteiger partial charge < -0.3 is 9.72 Å². The summed E-state index contributed by atoms with van der Waals surface area (Å²) in [6.07, 6.45) is 2.69. The molecule has 0 spiro atoms. The fraction of sp³-hybridized carbons (Fsp3) is 0.200. The Bertz CT molecular complexity index is 461. The molecule has 4 nitrogen and oxygen atoms in total. The van der Waals surface area contributed by atoms with Gasteiger partial charge >= 0.3 is 0 Å². The molecule has 72 valence electrons. The van der Waals surface area contributed by atoms with Crippen LogP contribution in [0.4, 0.5) is 0 Å². The minimum Gasteiger partial charge on any atom is -0.313 e. The van der Waals surface area contributed by atoms with Gasteiger partial charge in [0.05, 0.1) is 12.1 Å². The number of imidazole rings is 1. The van der Waals surface area contributed by atoms with Crippen molar-refractivity contribution in [3.8, 4) is 0 Å². The number of fused-ring (bicyclic) bond motifs is 1. The van der Waals surface area contributed by atoms with E-state index in [1.54, 1.807) is 0 Å². The number of nitrogens with zero attached hydrogens (tertiary/aromatic N) is 2. The molecular weight excluding hydrogens is 178 g/mol. The molecule has 0 aliphatic heterocycles. The molecule has 0 amide bonds. The average Bonchev–Trinajstić information content (AvgIpc) is 2.58. The van der Waals surface area contributed by atoms with Crippen molar-refractivity contribution >= 4 is 11.8 Å². The number of hydrogen-bond acceptors (Lipinski definition) is 3. The largest absolute Gasteiger partial charge is 0.313 e. The molecule has 4 heteroatoms. The summed E-state index contributed by atoms with van der Waals surface area (Å²) in [5.74, 6) is 0.852. The average molecular weight is 189 g/mol. The molecule has 14 heavy (non-hydrogen) atoms. The van der Waals surface area contributed by atoms with Gasteiger partial charge in [0.25, 0.3) is 0 Å². The number of pyridine rings is 1. The lowest BCUT2D eigenvalue weighted by molar-refractivity contribution is 0.112. The van der Waals surface area contributed by atoms with E-state index in [1.807, 2.05) is 35.8 Å². The maximum Gasteiger partial charge on any atom is 0.170 e. The molecule has 0 unspecified atom stereocenters. The summed E-state index contributed by atoms with van der Waals surface area (Å²) in [6, 6.07) is 5.70. The Morgan fingerprint density at radius 1 is 1.57 bits per heavy atom. The third-order valence-corrected chi connectivity index (χ3v) is 2.10. The van der Waals surface area contributed by atoms with Crippen LogP contribution in [0.3, 0.4) is 0 Å². The molecule has 0 aliphatic carbocycles. The SMILES string of the molecule is CNCc1nc(C=O)c2ccccn12. The molecule has 0 saturated carbocycles. The predicted molar refractivity (Wildman–Crippen MR) is 53.3 cm³/mol. The topological polar surface area (TPSA) is 46.4 Å². The van der Waals surface area contributed by atoms with Crippen molar-refractivity contribution in [1.29, 1.82) is 0 Å². The Kier molecular flexibility index (Phi) is 2.28. The zero-order chi connectivity index (χ0) is 9.97. The summed E-state index contributed by atoms with van der Waals surface area (Å²) < 4.78 is 1.92. The van der Waals surface area contributed by atoms with E-state index in [2.05, 4.69) is 10.3 Å². The van der Waals surface area contributed by atoms with Crippen molar-refractivity contribution in [1.82, 2.24) is 14.7 Å². The third kappa shape index (κ3) is 1.29. The number of hydrogen-bond donors (Lipinski definition) is 1. The molecule has 1 N–H and O–H groups in total. The molecule has 2 rings (SSSR count). The summed E-state index contributed by atoms with van der Waals surface area (Å²) in [6.45, 7) is 0.652. The van der Waals surface area contributed by atoms with Gasteiger partial charge in [-0.15, -0.1) is 0 Å². The number of aromatic nitrogens is 2. The van der Waals surface area contributed by atoms with Crippen molar-refractivity contribution in [2.45, 2.75) is 6.54 Å². The maximum absolute atomic E-state index is 10.7. The van der Waals surface area contributed by atoms with E-state index in [1.165, 1.54) is 0 Å². The van der Waals surface area contributed by atoms with Crippen LogP contribution >= 0.6 is 0 Å². The standard InChI is InChI=1S/C10H11N3O/c1-11-6-10-12-8(7-14)9-4-2-3-5-13(9)10/h2-5,7,11H,6H2,1H3. The second-order valence-corrected chi connectivity index (χ2v) is 3.02. The summed E-state index contributed by atoms with van der Waals surface area (Å²) in [5.41, 5.74) is 1.35. The number of nitrogens with one attached hydrogen (secondary N) is 1. The highest BCUT2D eigenvalue weighted by Crippen LogP contribution is 2.10. The first kappa shape index (κ1) is 8.90. The highest BCUT2D eigenvalue weighted by Gasteiger charge is 2.07. The van der Waals surface area contributed by atoms with E-state index in [-0.39, 0.29) is 0 Å².